The minimum atomic E-state index is -0.346. The smallest absolute Gasteiger partial charge is 0.165 e. The lowest BCUT2D eigenvalue weighted by atomic mass is 9.97. The lowest BCUT2D eigenvalue weighted by Gasteiger charge is -2.34. The maximum atomic E-state index is 13.8. The molecule has 1 fully saturated rings. The molecule has 2 aromatic rings. The summed E-state index contributed by atoms with van der Waals surface area (Å²) in [5.41, 5.74) is 3.07. The maximum absolute atomic E-state index is 13.8. The highest BCUT2D eigenvalue weighted by molar-refractivity contribution is 5.70. The SMILES string of the molecule is COc1ccc(CNc2ccccc2N2CCC(CO)CC2)cc1F. The first-order valence-electron chi connectivity index (χ1n) is 8.72. The van der Waals surface area contributed by atoms with Gasteiger partial charge >= 0.3 is 0 Å². The average molecular weight is 344 g/mol. The molecule has 1 aliphatic rings. The Morgan fingerprint density at radius 3 is 2.64 bits per heavy atom. The van der Waals surface area contributed by atoms with E-state index in [9.17, 15) is 9.50 Å². The number of rotatable bonds is 6. The number of nitrogens with one attached hydrogen (secondary N) is 1. The lowest BCUT2D eigenvalue weighted by Crippen LogP contribution is -2.35. The number of aliphatic hydroxyl groups is 1. The van der Waals surface area contributed by atoms with Crippen molar-refractivity contribution in [2.45, 2.75) is 19.4 Å². The molecule has 0 aromatic heterocycles. The molecule has 4 nitrogen and oxygen atoms in total. The first-order chi connectivity index (χ1) is 12.2. The number of benzene rings is 2. The highest BCUT2D eigenvalue weighted by atomic mass is 19.1. The number of halogens is 1. The Balaban J connectivity index is 1.68. The molecule has 0 bridgehead atoms. The van der Waals surface area contributed by atoms with Crippen LogP contribution in [0.5, 0.6) is 5.75 Å². The third-order valence-electron chi connectivity index (χ3n) is 4.82. The van der Waals surface area contributed by atoms with Crippen LogP contribution in [0.15, 0.2) is 42.5 Å². The zero-order valence-electron chi connectivity index (χ0n) is 14.5. The highest BCUT2D eigenvalue weighted by Crippen LogP contribution is 2.30. The van der Waals surface area contributed by atoms with Crippen LogP contribution in [0.3, 0.4) is 0 Å². The van der Waals surface area contributed by atoms with Gasteiger partial charge in [-0.05, 0) is 48.6 Å². The van der Waals surface area contributed by atoms with Crippen molar-refractivity contribution < 1.29 is 14.2 Å². The quantitative estimate of drug-likeness (QED) is 0.839. The summed E-state index contributed by atoms with van der Waals surface area (Å²) in [4.78, 5) is 2.35. The highest BCUT2D eigenvalue weighted by Gasteiger charge is 2.20. The molecule has 25 heavy (non-hydrogen) atoms. The van der Waals surface area contributed by atoms with Crippen LogP contribution in [0.2, 0.25) is 0 Å². The Morgan fingerprint density at radius 2 is 1.96 bits per heavy atom. The second-order valence-electron chi connectivity index (χ2n) is 6.45. The van der Waals surface area contributed by atoms with E-state index >= 15 is 0 Å². The Morgan fingerprint density at radius 1 is 1.20 bits per heavy atom. The van der Waals surface area contributed by atoms with Gasteiger partial charge in [0.25, 0.3) is 0 Å². The molecule has 0 unspecified atom stereocenters. The molecule has 5 heteroatoms. The fourth-order valence-corrected chi connectivity index (χ4v) is 3.27. The fourth-order valence-electron chi connectivity index (χ4n) is 3.27. The molecular formula is C20H25FN2O2. The Bertz CT molecular complexity index is 700. The molecule has 3 rings (SSSR count). The molecule has 2 aromatic carbocycles. The van der Waals surface area contributed by atoms with E-state index in [-0.39, 0.29) is 18.2 Å². The Hall–Kier alpha value is -2.27. The molecule has 1 heterocycles. The summed E-state index contributed by atoms with van der Waals surface area (Å²) in [5.74, 6) is 0.329. The number of ether oxygens (including phenoxy) is 1. The van der Waals surface area contributed by atoms with E-state index in [4.69, 9.17) is 4.74 Å². The predicted molar refractivity (Wildman–Crippen MR) is 98.7 cm³/mol. The van der Waals surface area contributed by atoms with Crippen LogP contribution >= 0.6 is 0 Å². The summed E-state index contributed by atoms with van der Waals surface area (Å²) < 4.78 is 18.8. The fraction of sp³-hybridized carbons (Fsp3) is 0.400. The van der Waals surface area contributed by atoms with E-state index in [1.54, 1.807) is 6.07 Å². The molecule has 0 atom stereocenters. The minimum absolute atomic E-state index is 0.260. The molecule has 0 spiro atoms. The first kappa shape index (κ1) is 17.5. The normalized spacial score (nSPS) is 15.2. The minimum Gasteiger partial charge on any atom is -0.494 e. The molecule has 0 saturated carbocycles. The average Bonchev–Trinajstić information content (AvgIpc) is 2.67. The number of para-hydroxylation sites is 2. The van der Waals surface area contributed by atoms with Crippen molar-refractivity contribution in [2.75, 3.05) is 37.0 Å². The molecule has 2 N–H and O–H groups in total. The predicted octanol–water partition coefficient (Wildman–Crippen LogP) is 3.66. The number of nitrogens with zero attached hydrogens (tertiary/aromatic N) is 1. The van der Waals surface area contributed by atoms with E-state index in [0.717, 1.165) is 42.9 Å². The second kappa shape index (κ2) is 8.21. The van der Waals surface area contributed by atoms with Crippen molar-refractivity contribution in [1.29, 1.82) is 0 Å². The van der Waals surface area contributed by atoms with Crippen LogP contribution in [0.25, 0.3) is 0 Å². The van der Waals surface area contributed by atoms with Crippen LogP contribution in [-0.2, 0) is 6.54 Å². The van der Waals surface area contributed by atoms with Gasteiger partial charge in [0.1, 0.15) is 0 Å². The number of piperidine rings is 1. The molecule has 0 amide bonds. The van der Waals surface area contributed by atoms with Gasteiger partial charge in [-0.2, -0.15) is 0 Å². The molecule has 1 saturated heterocycles. The molecule has 1 aliphatic heterocycles. The third-order valence-corrected chi connectivity index (χ3v) is 4.82. The summed E-state index contributed by atoms with van der Waals surface area (Å²) in [6, 6.07) is 13.2. The summed E-state index contributed by atoms with van der Waals surface area (Å²) in [5, 5.41) is 12.7. The zero-order valence-corrected chi connectivity index (χ0v) is 14.5. The van der Waals surface area contributed by atoms with Gasteiger partial charge in [-0.1, -0.05) is 18.2 Å². The molecule has 134 valence electrons. The van der Waals surface area contributed by atoms with E-state index in [1.165, 1.54) is 13.2 Å². The number of hydrogen-bond acceptors (Lipinski definition) is 4. The van der Waals surface area contributed by atoms with Crippen LogP contribution < -0.4 is 15.0 Å². The van der Waals surface area contributed by atoms with Gasteiger partial charge in [0.05, 0.1) is 18.5 Å². The van der Waals surface area contributed by atoms with Crippen molar-refractivity contribution in [2.24, 2.45) is 5.92 Å². The first-order valence-corrected chi connectivity index (χ1v) is 8.72. The van der Waals surface area contributed by atoms with E-state index < -0.39 is 0 Å². The van der Waals surface area contributed by atoms with E-state index in [0.29, 0.717) is 12.5 Å². The number of aliphatic hydroxyl groups excluding tert-OH is 1. The van der Waals surface area contributed by atoms with Gasteiger partial charge in [-0.15, -0.1) is 0 Å². The molecule has 0 radical (unpaired) electrons. The van der Waals surface area contributed by atoms with Crippen LogP contribution in [0.1, 0.15) is 18.4 Å². The van der Waals surface area contributed by atoms with Gasteiger partial charge < -0.3 is 20.1 Å². The van der Waals surface area contributed by atoms with Crippen molar-refractivity contribution >= 4 is 11.4 Å². The van der Waals surface area contributed by atoms with Gasteiger partial charge in [-0.25, -0.2) is 4.39 Å². The van der Waals surface area contributed by atoms with Gasteiger partial charge in [0, 0.05) is 26.2 Å². The summed E-state index contributed by atoms with van der Waals surface area (Å²) in [7, 11) is 1.46. The second-order valence-corrected chi connectivity index (χ2v) is 6.45. The van der Waals surface area contributed by atoms with Crippen LogP contribution in [0, 0.1) is 11.7 Å². The van der Waals surface area contributed by atoms with Crippen LogP contribution in [-0.4, -0.2) is 31.9 Å². The Labute approximate surface area is 148 Å². The van der Waals surface area contributed by atoms with Crippen molar-refractivity contribution in [1.82, 2.24) is 0 Å². The third kappa shape index (κ3) is 4.23. The summed E-state index contributed by atoms with van der Waals surface area (Å²) >= 11 is 0. The number of methoxy groups -OCH3 is 1. The van der Waals surface area contributed by atoms with E-state index in [1.807, 2.05) is 24.3 Å². The van der Waals surface area contributed by atoms with Gasteiger partial charge in [-0.3, -0.25) is 0 Å². The maximum Gasteiger partial charge on any atom is 0.165 e. The zero-order chi connectivity index (χ0) is 17.6. The van der Waals surface area contributed by atoms with Crippen molar-refractivity contribution in [3.63, 3.8) is 0 Å². The largest absolute Gasteiger partial charge is 0.494 e. The van der Waals surface area contributed by atoms with Crippen molar-refractivity contribution in [3.8, 4) is 5.75 Å². The van der Waals surface area contributed by atoms with Gasteiger partial charge in [0.2, 0.25) is 0 Å². The summed E-state index contributed by atoms with van der Waals surface area (Å²) in [6.45, 7) is 2.71. The van der Waals surface area contributed by atoms with E-state index in [2.05, 4.69) is 16.3 Å². The monoisotopic (exact) mass is 344 g/mol. The Kier molecular flexibility index (Phi) is 5.76. The standard InChI is InChI=1S/C20H25FN2O2/c1-25-20-7-6-16(12-17(20)21)13-22-18-4-2-3-5-19(18)23-10-8-15(14-24)9-11-23/h2-7,12,15,22,24H,8-11,13-14H2,1H3. The van der Waals surface area contributed by atoms with Crippen LogP contribution in [0.4, 0.5) is 15.8 Å². The molecular weight excluding hydrogens is 319 g/mol. The number of anilines is 2. The summed E-state index contributed by atoms with van der Waals surface area (Å²) in [6.07, 6.45) is 2.02. The number of hydrogen-bond donors (Lipinski definition) is 2. The molecule has 0 aliphatic carbocycles. The topological polar surface area (TPSA) is 44.7 Å². The lowest BCUT2D eigenvalue weighted by molar-refractivity contribution is 0.203. The van der Waals surface area contributed by atoms with Gasteiger partial charge in [0.15, 0.2) is 11.6 Å². The van der Waals surface area contributed by atoms with Crippen molar-refractivity contribution in [3.05, 3.63) is 53.8 Å².